The van der Waals surface area contributed by atoms with Gasteiger partial charge in [0, 0.05) is 7.05 Å². The average Bonchev–Trinajstić information content (AvgIpc) is 2.82. The molecule has 3 rings (SSSR count). The number of ether oxygens (including phenoxy) is 1. The van der Waals surface area contributed by atoms with Gasteiger partial charge in [0.2, 0.25) is 0 Å². The molecule has 0 amide bonds. The van der Waals surface area contributed by atoms with Crippen LogP contribution in [0.3, 0.4) is 0 Å². The lowest BCUT2D eigenvalue weighted by atomic mass is 10.2. The number of imidazole rings is 1. The molecule has 21 heavy (non-hydrogen) atoms. The number of para-hydroxylation sites is 2. The molecule has 0 spiro atoms. The van der Waals surface area contributed by atoms with Crippen molar-refractivity contribution in [1.29, 1.82) is 0 Å². The molecule has 3 heteroatoms. The van der Waals surface area contributed by atoms with E-state index in [0.717, 1.165) is 29.0 Å². The summed E-state index contributed by atoms with van der Waals surface area (Å²) in [7, 11) is 2.05. The third-order valence-corrected chi connectivity index (χ3v) is 3.75. The molecule has 1 aromatic heterocycles. The van der Waals surface area contributed by atoms with E-state index in [4.69, 9.17) is 9.72 Å². The summed E-state index contributed by atoms with van der Waals surface area (Å²) < 4.78 is 8.28. The molecule has 108 valence electrons. The van der Waals surface area contributed by atoms with Crippen LogP contribution in [0.2, 0.25) is 0 Å². The van der Waals surface area contributed by atoms with Gasteiger partial charge < -0.3 is 9.30 Å². The van der Waals surface area contributed by atoms with Gasteiger partial charge in [-0.1, -0.05) is 31.2 Å². The Labute approximate surface area is 125 Å². The first-order valence-corrected chi connectivity index (χ1v) is 7.33. The maximum absolute atomic E-state index is 6.16. The second kappa shape index (κ2) is 5.60. The minimum atomic E-state index is -0.0378. The normalized spacial score (nSPS) is 12.5. The van der Waals surface area contributed by atoms with Gasteiger partial charge in [-0.2, -0.15) is 0 Å². The Morgan fingerprint density at radius 2 is 1.95 bits per heavy atom. The van der Waals surface area contributed by atoms with Gasteiger partial charge in [-0.05, 0) is 43.2 Å². The van der Waals surface area contributed by atoms with Gasteiger partial charge in [0.1, 0.15) is 5.75 Å². The zero-order valence-electron chi connectivity index (χ0n) is 12.7. The molecular formula is C18H20N2O. The van der Waals surface area contributed by atoms with Crippen LogP contribution in [0.4, 0.5) is 0 Å². The van der Waals surface area contributed by atoms with Gasteiger partial charge in [-0.15, -0.1) is 0 Å². The summed E-state index contributed by atoms with van der Waals surface area (Å²) in [5.74, 6) is 1.87. The number of nitrogens with zero attached hydrogens (tertiary/aromatic N) is 2. The summed E-state index contributed by atoms with van der Waals surface area (Å²) in [5, 5.41) is 0. The second-order valence-corrected chi connectivity index (χ2v) is 5.35. The van der Waals surface area contributed by atoms with Crippen molar-refractivity contribution in [2.45, 2.75) is 26.4 Å². The van der Waals surface area contributed by atoms with Crippen LogP contribution in [-0.4, -0.2) is 9.55 Å². The van der Waals surface area contributed by atoms with Crippen LogP contribution in [0, 0.1) is 6.92 Å². The largest absolute Gasteiger partial charge is 0.483 e. The minimum absolute atomic E-state index is 0.0378. The van der Waals surface area contributed by atoms with Crippen molar-refractivity contribution in [1.82, 2.24) is 9.55 Å². The SMILES string of the molecule is CCC(Oc1cccc(C)c1)c1nc2ccccc2n1C. The first-order chi connectivity index (χ1) is 10.2. The highest BCUT2D eigenvalue weighted by Gasteiger charge is 2.18. The number of aryl methyl sites for hydroxylation is 2. The lowest BCUT2D eigenvalue weighted by Crippen LogP contribution is -2.12. The lowest BCUT2D eigenvalue weighted by Gasteiger charge is -2.17. The highest BCUT2D eigenvalue weighted by atomic mass is 16.5. The standard InChI is InChI=1S/C18H20N2O/c1-4-17(21-14-9-7-8-13(2)12-14)18-19-15-10-5-6-11-16(15)20(18)3/h5-12,17H,4H2,1-3H3. The van der Waals surface area contributed by atoms with E-state index >= 15 is 0 Å². The summed E-state index contributed by atoms with van der Waals surface area (Å²) in [6.45, 7) is 4.20. The highest BCUT2D eigenvalue weighted by Crippen LogP contribution is 2.27. The first-order valence-electron chi connectivity index (χ1n) is 7.33. The van der Waals surface area contributed by atoms with E-state index in [1.807, 2.05) is 37.4 Å². The van der Waals surface area contributed by atoms with Gasteiger partial charge in [0.15, 0.2) is 11.9 Å². The predicted octanol–water partition coefficient (Wildman–Crippen LogP) is 4.41. The molecule has 3 nitrogen and oxygen atoms in total. The van der Waals surface area contributed by atoms with Gasteiger partial charge in [-0.3, -0.25) is 0 Å². The summed E-state index contributed by atoms with van der Waals surface area (Å²) in [6, 6.07) is 16.3. The quantitative estimate of drug-likeness (QED) is 0.707. The Bertz CT molecular complexity index is 761. The smallest absolute Gasteiger partial charge is 0.156 e. The number of benzene rings is 2. The Morgan fingerprint density at radius 3 is 2.67 bits per heavy atom. The molecule has 2 aromatic carbocycles. The molecule has 0 saturated heterocycles. The average molecular weight is 280 g/mol. The third-order valence-electron chi connectivity index (χ3n) is 3.75. The summed E-state index contributed by atoms with van der Waals surface area (Å²) in [4.78, 5) is 4.74. The highest BCUT2D eigenvalue weighted by molar-refractivity contribution is 5.75. The molecule has 1 heterocycles. The zero-order valence-corrected chi connectivity index (χ0v) is 12.7. The van der Waals surface area contributed by atoms with Crippen LogP contribution in [0.5, 0.6) is 5.75 Å². The molecule has 0 aliphatic heterocycles. The molecule has 0 saturated carbocycles. The van der Waals surface area contributed by atoms with Crippen LogP contribution in [0.25, 0.3) is 11.0 Å². The van der Waals surface area contributed by atoms with Crippen molar-refractivity contribution >= 4 is 11.0 Å². The molecule has 1 atom stereocenters. The van der Waals surface area contributed by atoms with Crippen LogP contribution in [0.15, 0.2) is 48.5 Å². The van der Waals surface area contributed by atoms with Crippen molar-refractivity contribution < 1.29 is 4.74 Å². The molecule has 3 aromatic rings. The molecule has 0 fully saturated rings. The Morgan fingerprint density at radius 1 is 1.14 bits per heavy atom. The monoisotopic (exact) mass is 280 g/mol. The Kier molecular flexibility index (Phi) is 3.65. The summed E-state index contributed by atoms with van der Waals surface area (Å²) in [5.41, 5.74) is 3.35. The summed E-state index contributed by atoms with van der Waals surface area (Å²) in [6.07, 6.45) is 0.842. The van der Waals surface area contributed by atoms with Crippen LogP contribution in [-0.2, 0) is 7.05 Å². The van der Waals surface area contributed by atoms with Crippen LogP contribution in [0.1, 0.15) is 30.8 Å². The van der Waals surface area contributed by atoms with Crippen molar-refractivity contribution in [2.24, 2.45) is 7.05 Å². The molecule has 1 unspecified atom stereocenters. The molecule has 0 N–H and O–H groups in total. The fraction of sp³-hybridized carbons (Fsp3) is 0.278. The molecule has 0 bridgehead atoms. The molecule has 0 aliphatic carbocycles. The van der Waals surface area contributed by atoms with Crippen molar-refractivity contribution in [3.8, 4) is 5.75 Å². The number of hydrogen-bond donors (Lipinski definition) is 0. The van der Waals surface area contributed by atoms with Gasteiger partial charge in [0.05, 0.1) is 11.0 Å². The van der Waals surface area contributed by atoms with Crippen LogP contribution >= 0.6 is 0 Å². The fourth-order valence-corrected chi connectivity index (χ4v) is 2.62. The van der Waals surface area contributed by atoms with E-state index in [2.05, 4.69) is 36.6 Å². The number of fused-ring (bicyclic) bond motifs is 1. The Hall–Kier alpha value is -2.29. The summed E-state index contributed by atoms with van der Waals surface area (Å²) >= 11 is 0. The van der Waals surface area contributed by atoms with E-state index in [0.29, 0.717) is 0 Å². The maximum Gasteiger partial charge on any atom is 0.156 e. The van der Waals surface area contributed by atoms with Gasteiger partial charge in [0.25, 0.3) is 0 Å². The van der Waals surface area contributed by atoms with Gasteiger partial charge >= 0.3 is 0 Å². The Balaban J connectivity index is 1.96. The molecule has 0 aliphatic rings. The topological polar surface area (TPSA) is 27.1 Å². The van der Waals surface area contributed by atoms with E-state index in [1.54, 1.807) is 0 Å². The fourth-order valence-electron chi connectivity index (χ4n) is 2.62. The first kappa shape index (κ1) is 13.7. The van der Waals surface area contributed by atoms with Crippen LogP contribution < -0.4 is 4.74 Å². The number of rotatable bonds is 4. The maximum atomic E-state index is 6.16. The second-order valence-electron chi connectivity index (χ2n) is 5.35. The van der Waals surface area contributed by atoms with Crippen molar-refractivity contribution in [2.75, 3.05) is 0 Å². The lowest BCUT2D eigenvalue weighted by molar-refractivity contribution is 0.188. The van der Waals surface area contributed by atoms with E-state index in [1.165, 1.54) is 5.56 Å². The third kappa shape index (κ3) is 2.64. The molecule has 0 radical (unpaired) electrons. The molecular weight excluding hydrogens is 260 g/mol. The van der Waals surface area contributed by atoms with E-state index in [-0.39, 0.29) is 6.10 Å². The predicted molar refractivity (Wildman–Crippen MR) is 85.6 cm³/mol. The zero-order chi connectivity index (χ0) is 14.8. The van der Waals surface area contributed by atoms with Gasteiger partial charge in [-0.25, -0.2) is 4.98 Å². The van der Waals surface area contributed by atoms with E-state index in [9.17, 15) is 0 Å². The minimum Gasteiger partial charge on any atom is -0.483 e. The number of aromatic nitrogens is 2. The number of hydrogen-bond acceptors (Lipinski definition) is 2. The van der Waals surface area contributed by atoms with E-state index < -0.39 is 0 Å². The van der Waals surface area contributed by atoms with Crippen molar-refractivity contribution in [3.05, 3.63) is 59.9 Å². The van der Waals surface area contributed by atoms with Crippen molar-refractivity contribution in [3.63, 3.8) is 0 Å².